The van der Waals surface area contributed by atoms with Gasteiger partial charge in [0.1, 0.15) is 5.65 Å². The van der Waals surface area contributed by atoms with E-state index in [2.05, 4.69) is 22.1 Å². The Morgan fingerprint density at radius 2 is 2.39 bits per heavy atom. The minimum absolute atomic E-state index is 0.144. The van der Waals surface area contributed by atoms with Gasteiger partial charge in [-0.3, -0.25) is 4.79 Å². The lowest BCUT2D eigenvalue weighted by molar-refractivity contribution is -0.128. The number of hydrogen-bond donors (Lipinski definition) is 1. The summed E-state index contributed by atoms with van der Waals surface area (Å²) in [6, 6.07) is 4.03. The maximum Gasteiger partial charge on any atom is 0.219 e. The molecule has 0 saturated heterocycles. The molecule has 2 aromatic rings. The molecule has 0 bridgehead atoms. The summed E-state index contributed by atoms with van der Waals surface area (Å²) in [6.45, 7) is 3.13. The Balaban J connectivity index is 1.94. The SMILES string of the molecule is CC(=O)N1CC=C(c2c[nH]c3ncccc23)CC1. The van der Waals surface area contributed by atoms with Crippen LogP contribution in [0.3, 0.4) is 0 Å². The van der Waals surface area contributed by atoms with E-state index in [0.29, 0.717) is 6.54 Å². The van der Waals surface area contributed by atoms with Crippen LogP contribution in [0.15, 0.2) is 30.6 Å². The quantitative estimate of drug-likeness (QED) is 0.832. The highest BCUT2D eigenvalue weighted by atomic mass is 16.2. The monoisotopic (exact) mass is 241 g/mol. The van der Waals surface area contributed by atoms with Crippen LogP contribution in [0.4, 0.5) is 0 Å². The molecule has 0 aliphatic carbocycles. The van der Waals surface area contributed by atoms with E-state index in [-0.39, 0.29) is 5.91 Å². The third-order valence-electron chi connectivity index (χ3n) is 3.45. The highest BCUT2D eigenvalue weighted by Crippen LogP contribution is 2.28. The van der Waals surface area contributed by atoms with Crippen LogP contribution in [0.1, 0.15) is 18.9 Å². The van der Waals surface area contributed by atoms with Gasteiger partial charge in [0, 0.05) is 43.4 Å². The maximum absolute atomic E-state index is 11.3. The zero-order valence-electron chi connectivity index (χ0n) is 10.3. The minimum atomic E-state index is 0.144. The van der Waals surface area contributed by atoms with E-state index in [1.54, 1.807) is 13.1 Å². The molecule has 0 atom stereocenters. The van der Waals surface area contributed by atoms with Crippen LogP contribution in [0, 0.1) is 0 Å². The number of rotatable bonds is 1. The second-order valence-electron chi connectivity index (χ2n) is 4.55. The fraction of sp³-hybridized carbons (Fsp3) is 0.286. The standard InChI is InChI=1S/C14H15N3O/c1-10(18)17-7-4-11(5-8-17)13-9-16-14-12(13)3-2-6-15-14/h2-4,6,9H,5,7-8H2,1H3,(H,15,16). The van der Waals surface area contributed by atoms with Crippen LogP contribution < -0.4 is 0 Å². The van der Waals surface area contributed by atoms with Crippen molar-refractivity contribution in [3.63, 3.8) is 0 Å². The lowest BCUT2D eigenvalue weighted by Gasteiger charge is -2.25. The van der Waals surface area contributed by atoms with Gasteiger partial charge >= 0.3 is 0 Å². The molecule has 0 saturated carbocycles. The smallest absolute Gasteiger partial charge is 0.219 e. The molecule has 3 heterocycles. The van der Waals surface area contributed by atoms with Gasteiger partial charge in [0.05, 0.1) is 0 Å². The molecule has 0 fully saturated rings. The van der Waals surface area contributed by atoms with Crippen molar-refractivity contribution in [1.82, 2.24) is 14.9 Å². The van der Waals surface area contributed by atoms with Gasteiger partial charge in [0.15, 0.2) is 0 Å². The van der Waals surface area contributed by atoms with Gasteiger partial charge < -0.3 is 9.88 Å². The predicted octanol–water partition coefficient (Wildman–Crippen LogP) is 2.20. The van der Waals surface area contributed by atoms with E-state index in [9.17, 15) is 4.79 Å². The van der Waals surface area contributed by atoms with Crippen molar-refractivity contribution >= 4 is 22.5 Å². The van der Waals surface area contributed by atoms with Crippen molar-refractivity contribution in [2.45, 2.75) is 13.3 Å². The van der Waals surface area contributed by atoms with Crippen molar-refractivity contribution in [2.75, 3.05) is 13.1 Å². The molecule has 4 heteroatoms. The Morgan fingerprint density at radius 1 is 1.50 bits per heavy atom. The third kappa shape index (κ3) is 1.79. The van der Waals surface area contributed by atoms with Gasteiger partial charge in [-0.2, -0.15) is 0 Å². The molecule has 2 aromatic heterocycles. The average Bonchev–Trinajstić information content (AvgIpc) is 2.82. The molecule has 0 spiro atoms. The van der Waals surface area contributed by atoms with Crippen LogP contribution >= 0.6 is 0 Å². The molecule has 0 aromatic carbocycles. The fourth-order valence-corrected chi connectivity index (χ4v) is 2.42. The first-order valence-electron chi connectivity index (χ1n) is 6.13. The Labute approximate surface area is 105 Å². The number of amides is 1. The average molecular weight is 241 g/mol. The van der Waals surface area contributed by atoms with Gasteiger partial charge in [-0.25, -0.2) is 4.98 Å². The minimum Gasteiger partial charge on any atom is -0.346 e. The summed E-state index contributed by atoms with van der Waals surface area (Å²) in [5, 5.41) is 1.15. The van der Waals surface area contributed by atoms with E-state index in [1.165, 1.54) is 11.1 Å². The first kappa shape index (κ1) is 11.0. The molecular formula is C14H15N3O. The number of carbonyl (C=O) groups excluding carboxylic acids is 1. The normalized spacial score (nSPS) is 15.8. The zero-order valence-corrected chi connectivity index (χ0v) is 10.3. The number of nitrogens with one attached hydrogen (secondary N) is 1. The van der Waals surface area contributed by atoms with Crippen molar-refractivity contribution in [3.05, 3.63) is 36.2 Å². The molecule has 1 aliphatic rings. The molecule has 0 unspecified atom stereocenters. The lowest BCUT2D eigenvalue weighted by atomic mass is 9.99. The molecule has 1 aliphatic heterocycles. The van der Waals surface area contributed by atoms with Crippen LogP contribution in [-0.2, 0) is 4.79 Å². The molecule has 3 rings (SSSR count). The van der Waals surface area contributed by atoms with E-state index in [1.807, 2.05) is 17.2 Å². The number of hydrogen-bond acceptors (Lipinski definition) is 2. The fourth-order valence-electron chi connectivity index (χ4n) is 2.42. The summed E-state index contributed by atoms with van der Waals surface area (Å²) in [7, 11) is 0. The van der Waals surface area contributed by atoms with Gasteiger partial charge in [0.25, 0.3) is 0 Å². The topological polar surface area (TPSA) is 49.0 Å². The van der Waals surface area contributed by atoms with Crippen LogP contribution in [0.2, 0.25) is 0 Å². The highest BCUT2D eigenvalue weighted by molar-refractivity contribution is 5.91. The first-order valence-corrected chi connectivity index (χ1v) is 6.13. The van der Waals surface area contributed by atoms with Crippen LogP contribution in [0.5, 0.6) is 0 Å². The van der Waals surface area contributed by atoms with Crippen molar-refractivity contribution in [3.8, 4) is 0 Å². The third-order valence-corrected chi connectivity index (χ3v) is 3.45. The number of pyridine rings is 1. The first-order chi connectivity index (χ1) is 8.75. The summed E-state index contributed by atoms with van der Waals surface area (Å²) in [5.74, 6) is 0.144. The number of aromatic amines is 1. The van der Waals surface area contributed by atoms with Gasteiger partial charge in [-0.05, 0) is 24.1 Å². The molecular weight excluding hydrogens is 226 g/mol. The van der Waals surface area contributed by atoms with E-state index < -0.39 is 0 Å². The Kier molecular flexibility index (Phi) is 2.63. The summed E-state index contributed by atoms with van der Waals surface area (Å²) in [6.07, 6.45) is 6.84. The molecule has 1 N–H and O–H groups in total. The lowest BCUT2D eigenvalue weighted by Crippen LogP contribution is -2.32. The van der Waals surface area contributed by atoms with Crippen molar-refractivity contribution < 1.29 is 4.79 Å². The van der Waals surface area contributed by atoms with E-state index >= 15 is 0 Å². The number of fused-ring (bicyclic) bond motifs is 1. The number of carbonyl (C=O) groups is 1. The molecule has 1 amide bonds. The summed E-state index contributed by atoms with van der Waals surface area (Å²) in [5.41, 5.74) is 3.43. The second-order valence-corrected chi connectivity index (χ2v) is 4.55. The number of nitrogens with zero attached hydrogens (tertiary/aromatic N) is 2. The Morgan fingerprint density at radius 3 is 3.11 bits per heavy atom. The van der Waals surface area contributed by atoms with Crippen LogP contribution in [0.25, 0.3) is 16.6 Å². The number of aromatic nitrogens is 2. The highest BCUT2D eigenvalue weighted by Gasteiger charge is 2.16. The van der Waals surface area contributed by atoms with Crippen molar-refractivity contribution in [2.24, 2.45) is 0 Å². The largest absolute Gasteiger partial charge is 0.346 e. The van der Waals surface area contributed by atoms with Gasteiger partial charge in [-0.15, -0.1) is 0 Å². The maximum atomic E-state index is 11.3. The molecule has 0 radical (unpaired) electrons. The zero-order chi connectivity index (χ0) is 12.5. The molecule has 18 heavy (non-hydrogen) atoms. The molecule has 92 valence electrons. The summed E-state index contributed by atoms with van der Waals surface area (Å²) in [4.78, 5) is 20.6. The van der Waals surface area contributed by atoms with E-state index in [4.69, 9.17) is 0 Å². The van der Waals surface area contributed by atoms with Crippen molar-refractivity contribution in [1.29, 1.82) is 0 Å². The Hall–Kier alpha value is -2.10. The van der Waals surface area contributed by atoms with E-state index in [0.717, 1.165) is 24.0 Å². The summed E-state index contributed by atoms with van der Waals surface area (Å²) >= 11 is 0. The van der Waals surface area contributed by atoms with Crippen LogP contribution in [-0.4, -0.2) is 33.9 Å². The predicted molar refractivity (Wildman–Crippen MR) is 70.9 cm³/mol. The molecule has 4 nitrogen and oxygen atoms in total. The van der Waals surface area contributed by atoms with Gasteiger partial charge in [0.2, 0.25) is 5.91 Å². The second kappa shape index (κ2) is 4.29. The summed E-state index contributed by atoms with van der Waals surface area (Å²) < 4.78 is 0. The Bertz CT molecular complexity index is 627. The number of H-pyrrole nitrogens is 1. The van der Waals surface area contributed by atoms with Gasteiger partial charge in [-0.1, -0.05) is 6.08 Å².